The summed E-state index contributed by atoms with van der Waals surface area (Å²) in [6, 6.07) is 3.88. The average molecular weight is 337 g/mol. The molecule has 0 amide bonds. The summed E-state index contributed by atoms with van der Waals surface area (Å²) >= 11 is 0. The molecule has 1 heterocycles. The molecule has 1 aromatic rings. The highest BCUT2D eigenvalue weighted by molar-refractivity contribution is 7.89. The van der Waals surface area contributed by atoms with Crippen molar-refractivity contribution in [3.8, 4) is 0 Å². The Kier molecular flexibility index (Phi) is 6.16. The van der Waals surface area contributed by atoms with Crippen LogP contribution in [0, 0.1) is 18.7 Å². The van der Waals surface area contributed by atoms with E-state index in [1.807, 2.05) is 6.92 Å². The highest BCUT2D eigenvalue weighted by Crippen LogP contribution is 2.26. The van der Waals surface area contributed by atoms with Crippen LogP contribution in [-0.2, 0) is 10.0 Å². The van der Waals surface area contributed by atoms with Gasteiger partial charge in [-0.05, 0) is 56.4 Å². The van der Waals surface area contributed by atoms with Gasteiger partial charge in [0.15, 0.2) is 0 Å². The molecule has 1 aromatic carbocycles. The van der Waals surface area contributed by atoms with Crippen molar-refractivity contribution in [1.82, 2.24) is 4.31 Å². The molecule has 0 saturated carbocycles. The van der Waals surface area contributed by atoms with Crippen LogP contribution in [0.25, 0.3) is 0 Å². The Morgan fingerprint density at radius 2 is 1.90 bits per heavy atom. The number of nitrogens with two attached hydrogens (primary N) is 1. The standard InChI is InChI=1S/C14H21FN2O2S.ClH/c1-10-9-13(15)3-4-14(10)20(18,19)17-7-5-12(6-8-17)11(2)16;/h3-4,9,11-12H,5-8,16H2,1-2H3;1H. The Bertz CT molecular complexity index is 585. The summed E-state index contributed by atoms with van der Waals surface area (Å²) in [6.07, 6.45) is 1.55. The molecular formula is C14H22ClFN2O2S. The summed E-state index contributed by atoms with van der Waals surface area (Å²) < 4.78 is 39.7. The van der Waals surface area contributed by atoms with E-state index in [0.717, 1.165) is 12.8 Å². The van der Waals surface area contributed by atoms with Gasteiger partial charge in [-0.2, -0.15) is 4.31 Å². The Labute approximate surface area is 132 Å². The van der Waals surface area contributed by atoms with Gasteiger partial charge < -0.3 is 5.73 Å². The third kappa shape index (κ3) is 3.94. The summed E-state index contributed by atoms with van der Waals surface area (Å²) in [4.78, 5) is 0.193. The van der Waals surface area contributed by atoms with Gasteiger partial charge in [0.25, 0.3) is 0 Å². The number of benzene rings is 1. The van der Waals surface area contributed by atoms with Gasteiger partial charge in [-0.3, -0.25) is 0 Å². The Morgan fingerprint density at radius 3 is 2.38 bits per heavy atom. The Morgan fingerprint density at radius 1 is 1.33 bits per heavy atom. The minimum absolute atomic E-state index is 0. The lowest BCUT2D eigenvalue weighted by atomic mass is 9.92. The van der Waals surface area contributed by atoms with Crippen LogP contribution >= 0.6 is 12.4 Å². The van der Waals surface area contributed by atoms with Gasteiger partial charge in [-0.1, -0.05) is 0 Å². The maximum atomic E-state index is 13.1. The Hall–Kier alpha value is -0.690. The fourth-order valence-electron chi connectivity index (χ4n) is 2.68. The highest BCUT2D eigenvalue weighted by atomic mass is 35.5. The first-order valence-electron chi connectivity index (χ1n) is 6.84. The van der Waals surface area contributed by atoms with Crippen molar-refractivity contribution < 1.29 is 12.8 Å². The van der Waals surface area contributed by atoms with E-state index in [1.165, 1.54) is 22.5 Å². The molecule has 2 N–H and O–H groups in total. The normalized spacial score (nSPS) is 19.0. The molecule has 1 fully saturated rings. The fourth-order valence-corrected chi connectivity index (χ4v) is 4.36. The van der Waals surface area contributed by atoms with Gasteiger partial charge in [-0.15, -0.1) is 12.4 Å². The molecule has 1 aliphatic rings. The lowest BCUT2D eigenvalue weighted by Crippen LogP contribution is -2.42. The molecule has 0 radical (unpaired) electrons. The van der Waals surface area contributed by atoms with Gasteiger partial charge in [0.1, 0.15) is 5.82 Å². The number of halogens is 2. The SMILES string of the molecule is Cc1cc(F)ccc1S(=O)(=O)N1CCC(C(C)N)CC1.Cl. The van der Waals surface area contributed by atoms with E-state index >= 15 is 0 Å². The van der Waals surface area contributed by atoms with Gasteiger partial charge >= 0.3 is 0 Å². The number of hydrogen-bond acceptors (Lipinski definition) is 3. The Balaban J connectivity index is 0.00000220. The van der Waals surface area contributed by atoms with Crippen molar-refractivity contribution in [2.75, 3.05) is 13.1 Å². The van der Waals surface area contributed by atoms with Crippen LogP contribution in [0.1, 0.15) is 25.3 Å². The van der Waals surface area contributed by atoms with Crippen LogP contribution in [0.4, 0.5) is 4.39 Å². The number of rotatable bonds is 3. The average Bonchev–Trinajstić information content (AvgIpc) is 2.38. The van der Waals surface area contributed by atoms with Crippen molar-refractivity contribution in [3.63, 3.8) is 0 Å². The monoisotopic (exact) mass is 336 g/mol. The fraction of sp³-hybridized carbons (Fsp3) is 0.571. The summed E-state index contributed by atoms with van der Waals surface area (Å²) in [5.41, 5.74) is 6.31. The molecule has 1 atom stereocenters. The van der Waals surface area contributed by atoms with Gasteiger partial charge in [0.2, 0.25) is 10.0 Å². The van der Waals surface area contributed by atoms with E-state index in [-0.39, 0.29) is 23.3 Å². The second kappa shape index (κ2) is 7.05. The lowest BCUT2D eigenvalue weighted by Gasteiger charge is -2.33. The topological polar surface area (TPSA) is 63.4 Å². The smallest absolute Gasteiger partial charge is 0.243 e. The maximum Gasteiger partial charge on any atom is 0.243 e. The second-order valence-corrected chi connectivity index (χ2v) is 7.42. The van der Waals surface area contributed by atoms with Crippen molar-refractivity contribution in [3.05, 3.63) is 29.6 Å². The van der Waals surface area contributed by atoms with E-state index in [9.17, 15) is 12.8 Å². The second-order valence-electron chi connectivity index (χ2n) is 5.51. The predicted molar refractivity (Wildman–Crippen MR) is 83.5 cm³/mol. The van der Waals surface area contributed by atoms with E-state index in [0.29, 0.717) is 24.6 Å². The zero-order valence-corrected chi connectivity index (χ0v) is 13.9. The predicted octanol–water partition coefficient (Wildman–Crippen LogP) is 2.30. The molecule has 0 aromatic heterocycles. The van der Waals surface area contributed by atoms with Crippen LogP contribution in [0.5, 0.6) is 0 Å². The number of nitrogens with zero attached hydrogens (tertiary/aromatic N) is 1. The molecule has 1 saturated heterocycles. The van der Waals surface area contributed by atoms with E-state index in [2.05, 4.69) is 0 Å². The van der Waals surface area contributed by atoms with Gasteiger partial charge in [0.05, 0.1) is 4.90 Å². The van der Waals surface area contributed by atoms with Crippen LogP contribution in [0.3, 0.4) is 0 Å². The van der Waals surface area contributed by atoms with Crippen LogP contribution in [-0.4, -0.2) is 31.9 Å². The number of aryl methyl sites for hydroxylation is 1. The minimum Gasteiger partial charge on any atom is -0.328 e. The summed E-state index contributed by atoms with van der Waals surface area (Å²) in [5, 5.41) is 0. The first kappa shape index (κ1) is 18.4. The van der Waals surface area contributed by atoms with Crippen molar-refractivity contribution in [2.45, 2.75) is 37.6 Å². The summed E-state index contributed by atoms with van der Waals surface area (Å²) in [6.45, 7) is 4.53. The van der Waals surface area contributed by atoms with Crippen molar-refractivity contribution in [1.29, 1.82) is 0 Å². The zero-order chi connectivity index (χ0) is 14.9. The quantitative estimate of drug-likeness (QED) is 0.921. The molecule has 0 bridgehead atoms. The van der Waals surface area contributed by atoms with Crippen LogP contribution in [0.15, 0.2) is 23.1 Å². The van der Waals surface area contributed by atoms with Crippen molar-refractivity contribution in [2.24, 2.45) is 11.7 Å². The summed E-state index contributed by atoms with van der Waals surface area (Å²) in [5.74, 6) is -0.0483. The van der Waals surface area contributed by atoms with Crippen LogP contribution < -0.4 is 5.73 Å². The first-order chi connectivity index (χ1) is 9.32. The number of hydrogen-bond donors (Lipinski definition) is 1. The molecule has 1 unspecified atom stereocenters. The molecule has 0 aliphatic carbocycles. The van der Waals surface area contributed by atoms with Gasteiger partial charge in [0, 0.05) is 19.1 Å². The third-order valence-electron chi connectivity index (χ3n) is 4.00. The summed E-state index contributed by atoms with van der Waals surface area (Å²) in [7, 11) is -3.53. The lowest BCUT2D eigenvalue weighted by molar-refractivity contribution is 0.250. The highest BCUT2D eigenvalue weighted by Gasteiger charge is 2.31. The molecule has 7 heteroatoms. The number of sulfonamides is 1. The van der Waals surface area contributed by atoms with E-state index in [1.54, 1.807) is 6.92 Å². The molecule has 1 aliphatic heterocycles. The minimum atomic E-state index is -3.53. The molecule has 4 nitrogen and oxygen atoms in total. The molecule has 21 heavy (non-hydrogen) atoms. The van der Waals surface area contributed by atoms with E-state index < -0.39 is 15.8 Å². The first-order valence-corrected chi connectivity index (χ1v) is 8.28. The molecular weight excluding hydrogens is 315 g/mol. The van der Waals surface area contributed by atoms with Gasteiger partial charge in [-0.25, -0.2) is 12.8 Å². The third-order valence-corrected chi connectivity index (χ3v) is 6.06. The maximum absolute atomic E-state index is 13.1. The molecule has 120 valence electrons. The number of piperidine rings is 1. The van der Waals surface area contributed by atoms with Crippen LogP contribution in [0.2, 0.25) is 0 Å². The molecule has 2 rings (SSSR count). The van der Waals surface area contributed by atoms with Crippen molar-refractivity contribution >= 4 is 22.4 Å². The largest absolute Gasteiger partial charge is 0.328 e. The molecule has 0 spiro atoms. The zero-order valence-electron chi connectivity index (χ0n) is 12.3. The van der Waals surface area contributed by atoms with E-state index in [4.69, 9.17) is 5.73 Å².